The van der Waals surface area contributed by atoms with Gasteiger partial charge in [-0.2, -0.15) is 13.2 Å². The standard InChI is InChI=1S/C10H12F3N3O2/c1-16(2)6-4-5-14-8(18-3)7(6)15-9(17)10(11,12)13/h4-5H,1-3H3,(H,15,17). The van der Waals surface area contributed by atoms with E-state index in [9.17, 15) is 18.0 Å². The summed E-state index contributed by atoms with van der Waals surface area (Å²) < 4.78 is 41.5. The summed E-state index contributed by atoms with van der Waals surface area (Å²) >= 11 is 0. The number of pyridine rings is 1. The molecular formula is C10H12F3N3O2. The van der Waals surface area contributed by atoms with Crippen LogP contribution in [-0.2, 0) is 4.79 Å². The van der Waals surface area contributed by atoms with E-state index >= 15 is 0 Å². The summed E-state index contributed by atoms with van der Waals surface area (Å²) in [6, 6.07) is 1.47. The molecule has 0 saturated carbocycles. The summed E-state index contributed by atoms with van der Waals surface area (Å²) in [7, 11) is 4.50. The molecule has 0 saturated heterocycles. The lowest BCUT2D eigenvalue weighted by Gasteiger charge is -2.19. The van der Waals surface area contributed by atoms with Gasteiger partial charge in [0, 0.05) is 20.3 Å². The summed E-state index contributed by atoms with van der Waals surface area (Å²) in [6.45, 7) is 0. The normalized spacial score (nSPS) is 11.0. The largest absolute Gasteiger partial charge is 0.479 e. The number of amides is 1. The van der Waals surface area contributed by atoms with Gasteiger partial charge in [0.25, 0.3) is 0 Å². The van der Waals surface area contributed by atoms with Gasteiger partial charge >= 0.3 is 12.1 Å². The predicted octanol–water partition coefficient (Wildman–Crippen LogP) is 1.66. The Morgan fingerprint density at radius 1 is 1.44 bits per heavy atom. The van der Waals surface area contributed by atoms with Crippen molar-refractivity contribution in [2.24, 2.45) is 0 Å². The van der Waals surface area contributed by atoms with Crippen LogP contribution in [-0.4, -0.2) is 38.3 Å². The Labute approximate surface area is 102 Å². The Morgan fingerprint density at radius 2 is 2.06 bits per heavy atom. The van der Waals surface area contributed by atoms with Crippen molar-refractivity contribution in [1.29, 1.82) is 0 Å². The molecule has 1 heterocycles. The summed E-state index contributed by atoms with van der Waals surface area (Å²) in [5.74, 6) is -2.16. The van der Waals surface area contributed by atoms with Crippen molar-refractivity contribution >= 4 is 17.3 Å². The molecule has 5 nitrogen and oxygen atoms in total. The van der Waals surface area contributed by atoms with Crippen LogP contribution >= 0.6 is 0 Å². The summed E-state index contributed by atoms with van der Waals surface area (Å²) in [5.41, 5.74) is 0.242. The number of hydrogen-bond acceptors (Lipinski definition) is 4. The molecule has 0 atom stereocenters. The van der Waals surface area contributed by atoms with Crippen LogP contribution in [0.15, 0.2) is 12.3 Å². The maximum absolute atomic E-state index is 12.2. The molecule has 8 heteroatoms. The molecule has 0 spiro atoms. The van der Waals surface area contributed by atoms with Gasteiger partial charge in [-0.05, 0) is 6.07 Å². The number of nitrogens with one attached hydrogen (secondary N) is 1. The maximum atomic E-state index is 12.2. The van der Waals surface area contributed by atoms with Crippen molar-refractivity contribution in [3.8, 4) is 5.88 Å². The second-order valence-corrected chi connectivity index (χ2v) is 3.56. The first-order valence-electron chi connectivity index (χ1n) is 4.86. The van der Waals surface area contributed by atoms with Crippen molar-refractivity contribution in [2.45, 2.75) is 6.18 Å². The number of nitrogens with zero attached hydrogens (tertiary/aromatic N) is 2. The van der Waals surface area contributed by atoms with Crippen LogP contribution in [0.5, 0.6) is 5.88 Å². The average molecular weight is 263 g/mol. The average Bonchev–Trinajstić information content (AvgIpc) is 2.27. The highest BCUT2D eigenvalue weighted by Crippen LogP contribution is 2.33. The predicted molar refractivity (Wildman–Crippen MR) is 59.8 cm³/mol. The minimum Gasteiger partial charge on any atom is -0.479 e. The summed E-state index contributed by atoms with van der Waals surface area (Å²) in [6.07, 6.45) is -3.60. The number of halogens is 3. The Hall–Kier alpha value is -1.99. The van der Waals surface area contributed by atoms with Gasteiger partial charge in [-0.1, -0.05) is 0 Å². The molecule has 1 rings (SSSR count). The lowest BCUT2D eigenvalue weighted by molar-refractivity contribution is -0.167. The molecule has 18 heavy (non-hydrogen) atoms. The first kappa shape index (κ1) is 14.1. The van der Waals surface area contributed by atoms with Gasteiger partial charge in [0.05, 0.1) is 12.8 Å². The fraction of sp³-hybridized carbons (Fsp3) is 0.400. The topological polar surface area (TPSA) is 54.5 Å². The van der Waals surface area contributed by atoms with E-state index in [1.165, 1.54) is 24.3 Å². The molecule has 0 fully saturated rings. The lowest BCUT2D eigenvalue weighted by atomic mass is 10.3. The molecule has 1 amide bonds. The fourth-order valence-corrected chi connectivity index (χ4v) is 1.26. The van der Waals surface area contributed by atoms with E-state index in [2.05, 4.69) is 4.98 Å². The molecule has 1 aromatic heterocycles. The van der Waals surface area contributed by atoms with Crippen molar-refractivity contribution < 1.29 is 22.7 Å². The van der Waals surface area contributed by atoms with E-state index in [1.54, 1.807) is 19.4 Å². The second kappa shape index (κ2) is 5.11. The zero-order chi connectivity index (χ0) is 13.9. The first-order chi connectivity index (χ1) is 8.27. The second-order valence-electron chi connectivity index (χ2n) is 3.56. The minimum atomic E-state index is -4.97. The number of alkyl halides is 3. The molecule has 0 aliphatic carbocycles. The van der Waals surface area contributed by atoms with Gasteiger partial charge < -0.3 is 15.0 Å². The number of aromatic nitrogens is 1. The highest BCUT2D eigenvalue weighted by molar-refractivity contribution is 5.99. The smallest absolute Gasteiger partial charge is 0.471 e. The Morgan fingerprint density at radius 3 is 2.50 bits per heavy atom. The van der Waals surface area contributed by atoms with E-state index in [-0.39, 0.29) is 11.6 Å². The molecule has 0 aliphatic rings. The first-order valence-corrected chi connectivity index (χ1v) is 4.86. The van der Waals surface area contributed by atoms with Crippen LogP contribution in [0.3, 0.4) is 0 Å². The van der Waals surface area contributed by atoms with Gasteiger partial charge in [-0.15, -0.1) is 0 Å². The van der Waals surface area contributed by atoms with Gasteiger partial charge in [-0.25, -0.2) is 4.98 Å². The highest BCUT2D eigenvalue weighted by Gasteiger charge is 2.39. The van der Waals surface area contributed by atoms with E-state index in [0.29, 0.717) is 5.69 Å². The molecule has 0 radical (unpaired) electrons. The van der Waals surface area contributed by atoms with Crippen LogP contribution in [0, 0.1) is 0 Å². The zero-order valence-corrected chi connectivity index (χ0v) is 10.00. The van der Waals surface area contributed by atoms with E-state index in [1.807, 2.05) is 0 Å². The van der Waals surface area contributed by atoms with Gasteiger partial charge in [-0.3, -0.25) is 4.79 Å². The number of anilines is 2. The number of carbonyl (C=O) groups excluding carboxylic acids is 1. The molecule has 100 valence electrons. The number of methoxy groups -OCH3 is 1. The summed E-state index contributed by atoms with van der Waals surface area (Å²) in [5, 5.41) is 1.76. The van der Waals surface area contributed by atoms with Crippen molar-refractivity contribution in [3.63, 3.8) is 0 Å². The zero-order valence-electron chi connectivity index (χ0n) is 10.00. The van der Waals surface area contributed by atoms with E-state index in [4.69, 9.17) is 4.74 Å². The molecule has 0 aromatic carbocycles. The van der Waals surface area contributed by atoms with E-state index < -0.39 is 12.1 Å². The molecule has 0 unspecified atom stereocenters. The maximum Gasteiger partial charge on any atom is 0.471 e. The molecular weight excluding hydrogens is 251 g/mol. The van der Waals surface area contributed by atoms with Crippen molar-refractivity contribution in [2.75, 3.05) is 31.4 Å². The molecule has 1 N–H and O–H groups in total. The third-order valence-electron chi connectivity index (χ3n) is 2.07. The Bertz CT molecular complexity index is 446. The third kappa shape index (κ3) is 3.02. The van der Waals surface area contributed by atoms with Crippen molar-refractivity contribution in [1.82, 2.24) is 4.98 Å². The number of carbonyl (C=O) groups is 1. The molecule has 1 aromatic rings. The highest BCUT2D eigenvalue weighted by atomic mass is 19.4. The van der Waals surface area contributed by atoms with Crippen LogP contribution in [0.2, 0.25) is 0 Å². The monoisotopic (exact) mass is 263 g/mol. The van der Waals surface area contributed by atoms with Crippen molar-refractivity contribution in [3.05, 3.63) is 12.3 Å². The fourth-order valence-electron chi connectivity index (χ4n) is 1.26. The van der Waals surface area contributed by atoms with E-state index in [0.717, 1.165) is 0 Å². The third-order valence-corrected chi connectivity index (χ3v) is 2.07. The van der Waals surface area contributed by atoms with Crippen LogP contribution in [0.1, 0.15) is 0 Å². The van der Waals surface area contributed by atoms with Gasteiger partial charge in [0.1, 0.15) is 5.69 Å². The van der Waals surface area contributed by atoms with Crippen LogP contribution in [0.25, 0.3) is 0 Å². The number of rotatable bonds is 3. The SMILES string of the molecule is COc1nccc(N(C)C)c1NC(=O)C(F)(F)F. The van der Waals surface area contributed by atoms with Gasteiger partial charge in [0.2, 0.25) is 5.88 Å². The van der Waals surface area contributed by atoms with Crippen LogP contribution in [0.4, 0.5) is 24.5 Å². The lowest BCUT2D eigenvalue weighted by Crippen LogP contribution is -2.31. The Kier molecular flexibility index (Phi) is 4.00. The quantitative estimate of drug-likeness (QED) is 0.901. The molecule has 0 aliphatic heterocycles. The Balaban J connectivity index is 3.17. The van der Waals surface area contributed by atoms with Crippen LogP contribution < -0.4 is 15.0 Å². The number of ether oxygens (including phenoxy) is 1. The van der Waals surface area contributed by atoms with Gasteiger partial charge in [0.15, 0.2) is 0 Å². The summed E-state index contributed by atoms with van der Waals surface area (Å²) in [4.78, 5) is 16.2. The number of hydrogen-bond donors (Lipinski definition) is 1. The molecule has 0 bridgehead atoms. The minimum absolute atomic E-state index is 0.0844.